The van der Waals surface area contributed by atoms with E-state index >= 15 is 0 Å². The van der Waals surface area contributed by atoms with E-state index in [-0.39, 0.29) is 0 Å². The summed E-state index contributed by atoms with van der Waals surface area (Å²) >= 11 is 0. The second-order valence-corrected chi connectivity index (χ2v) is 5.43. The monoisotopic (exact) mass is 262 g/mol. The van der Waals surface area contributed by atoms with Crippen LogP contribution in [0.4, 0.5) is 0 Å². The van der Waals surface area contributed by atoms with E-state index in [2.05, 4.69) is 6.07 Å². The van der Waals surface area contributed by atoms with E-state index in [1.807, 2.05) is 12.1 Å². The van der Waals surface area contributed by atoms with Crippen LogP contribution < -0.4 is 4.74 Å². The molecule has 0 aliphatic carbocycles. The van der Waals surface area contributed by atoms with Gasteiger partial charge in [-0.25, -0.2) is 0 Å². The molecule has 2 aliphatic heterocycles. The summed E-state index contributed by atoms with van der Waals surface area (Å²) in [6.45, 7) is 1.66. The number of carbonyl (C=O) groups is 1. The molecule has 4 nitrogen and oxygen atoms in total. The van der Waals surface area contributed by atoms with Crippen molar-refractivity contribution in [1.29, 1.82) is 0 Å². The van der Waals surface area contributed by atoms with Crippen LogP contribution in [0.15, 0.2) is 18.2 Å². The predicted octanol–water partition coefficient (Wildman–Crippen LogP) is 2.05. The third-order valence-electron chi connectivity index (χ3n) is 4.20. The molecule has 1 fully saturated rings. The normalized spacial score (nSPS) is 25.1. The molecule has 2 heterocycles. The number of fused-ring (bicyclic) bond motifs is 1. The second kappa shape index (κ2) is 4.85. The maximum atomic E-state index is 11.4. The van der Waals surface area contributed by atoms with Gasteiger partial charge in [0.15, 0.2) is 0 Å². The molecule has 0 saturated carbocycles. The number of benzene rings is 1. The van der Waals surface area contributed by atoms with Crippen molar-refractivity contribution in [3.05, 3.63) is 29.3 Å². The molecule has 4 heteroatoms. The Morgan fingerprint density at radius 1 is 1.37 bits per heavy atom. The Kier molecular flexibility index (Phi) is 3.19. The van der Waals surface area contributed by atoms with Crippen LogP contribution in [0.2, 0.25) is 0 Å². The Hall–Kier alpha value is -1.55. The summed E-state index contributed by atoms with van der Waals surface area (Å²) in [6.07, 6.45) is 3.00. The number of carboxylic acid groups (broad SMARTS) is 1. The first-order valence-corrected chi connectivity index (χ1v) is 6.75. The van der Waals surface area contributed by atoms with E-state index in [1.165, 1.54) is 11.1 Å². The molecule has 2 aliphatic rings. The van der Waals surface area contributed by atoms with Gasteiger partial charge in [-0.15, -0.1) is 0 Å². The van der Waals surface area contributed by atoms with Crippen LogP contribution in [-0.4, -0.2) is 30.9 Å². The van der Waals surface area contributed by atoms with E-state index < -0.39 is 11.4 Å². The Morgan fingerprint density at radius 2 is 2.26 bits per heavy atom. The zero-order valence-corrected chi connectivity index (χ0v) is 10.9. The number of hydrogen-bond donors (Lipinski definition) is 1. The summed E-state index contributed by atoms with van der Waals surface area (Å²) in [6, 6.07) is 6.18. The van der Waals surface area contributed by atoms with Crippen LogP contribution >= 0.6 is 0 Å². The van der Waals surface area contributed by atoms with Crippen molar-refractivity contribution >= 4 is 5.97 Å². The van der Waals surface area contributed by atoms with Crippen LogP contribution in [0.3, 0.4) is 0 Å². The SMILES string of the molecule is O=C(O)C1(CCc2ccc3c(c2)CCO3)CCOC1. The largest absolute Gasteiger partial charge is 0.493 e. The van der Waals surface area contributed by atoms with Crippen molar-refractivity contribution in [2.45, 2.75) is 25.7 Å². The lowest BCUT2D eigenvalue weighted by molar-refractivity contribution is -0.149. The molecule has 0 aromatic heterocycles. The van der Waals surface area contributed by atoms with Crippen molar-refractivity contribution in [3.8, 4) is 5.75 Å². The fourth-order valence-electron chi connectivity index (χ4n) is 2.86. The minimum atomic E-state index is -0.727. The minimum Gasteiger partial charge on any atom is -0.493 e. The lowest BCUT2D eigenvalue weighted by Gasteiger charge is -2.21. The third-order valence-corrected chi connectivity index (χ3v) is 4.20. The van der Waals surface area contributed by atoms with Crippen LogP contribution in [0.25, 0.3) is 0 Å². The van der Waals surface area contributed by atoms with Gasteiger partial charge in [0, 0.05) is 13.0 Å². The fraction of sp³-hybridized carbons (Fsp3) is 0.533. The molecule has 1 aromatic rings. The van der Waals surface area contributed by atoms with E-state index in [0.29, 0.717) is 26.1 Å². The first-order valence-electron chi connectivity index (χ1n) is 6.75. The number of ether oxygens (including phenoxy) is 2. The topological polar surface area (TPSA) is 55.8 Å². The van der Waals surface area contributed by atoms with Gasteiger partial charge in [-0.05, 0) is 36.5 Å². The summed E-state index contributed by atoms with van der Waals surface area (Å²) in [5.41, 5.74) is 1.75. The van der Waals surface area contributed by atoms with Gasteiger partial charge in [0.25, 0.3) is 0 Å². The molecular formula is C15H18O4. The van der Waals surface area contributed by atoms with Gasteiger partial charge in [0.1, 0.15) is 5.75 Å². The third kappa shape index (κ3) is 2.32. The fourth-order valence-corrected chi connectivity index (χ4v) is 2.86. The highest BCUT2D eigenvalue weighted by molar-refractivity contribution is 5.75. The van der Waals surface area contributed by atoms with Gasteiger partial charge in [0.2, 0.25) is 0 Å². The van der Waals surface area contributed by atoms with Gasteiger partial charge in [0.05, 0.1) is 18.6 Å². The highest BCUT2D eigenvalue weighted by atomic mass is 16.5. The maximum absolute atomic E-state index is 11.4. The minimum absolute atomic E-state index is 0.344. The lowest BCUT2D eigenvalue weighted by atomic mass is 9.81. The van der Waals surface area contributed by atoms with E-state index in [9.17, 15) is 9.90 Å². The van der Waals surface area contributed by atoms with Gasteiger partial charge in [-0.2, -0.15) is 0 Å². The zero-order valence-electron chi connectivity index (χ0n) is 10.9. The molecule has 1 saturated heterocycles. The van der Waals surface area contributed by atoms with Crippen molar-refractivity contribution in [3.63, 3.8) is 0 Å². The Bertz CT molecular complexity index is 489. The van der Waals surface area contributed by atoms with Crippen LogP contribution in [0.5, 0.6) is 5.75 Å². The number of rotatable bonds is 4. The number of aryl methyl sites for hydroxylation is 1. The number of hydrogen-bond acceptors (Lipinski definition) is 3. The van der Waals surface area contributed by atoms with Gasteiger partial charge in [-0.1, -0.05) is 12.1 Å². The quantitative estimate of drug-likeness (QED) is 0.902. The molecule has 102 valence electrons. The molecule has 1 N–H and O–H groups in total. The number of aliphatic carboxylic acids is 1. The zero-order chi connectivity index (χ0) is 13.3. The molecule has 0 radical (unpaired) electrons. The summed E-state index contributed by atoms with van der Waals surface area (Å²) < 4.78 is 10.8. The molecule has 0 bridgehead atoms. The molecular weight excluding hydrogens is 244 g/mol. The first-order chi connectivity index (χ1) is 9.20. The van der Waals surface area contributed by atoms with Crippen LogP contribution in [-0.2, 0) is 22.4 Å². The van der Waals surface area contributed by atoms with Crippen molar-refractivity contribution in [2.75, 3.05) is 19.8 Å². The van der Waals surface area contributed by atoms with Crippen molar-refractivity contribution < 1.29 is 19.4 Å². The molecule has 1 aromatic carbocycles. The summed E-state index contributed by atoms with van der Waals surface area (Å²) in [7, 11) is 0. The van der Waals surface area contributed by atoms with Gasteiger partial charge in [-0.3, -0.25) is 4.79 Å². The van der Waals surface area contributed by atoms with Crippen LogP contribution in [0.1, 0.15) is 24.0 Å². The molecule has 1 atom stereocenters. The van der Waals surface area contributed by atoms with Crippen molar-refractivity contribution in [2.24, 2.45) is 5.41 Å². The standard InChI is InChI=1S/C15H18O4/c16-14(17)15(6-8-18-10-15)5-3-11-1-2-13-12(9-11)4-7-19-13/h1-2,9H,3-8,10H2,(H,16,17). The highest BCUT2D eigenvalue weighted by Crippen LogP contribution is 2.35. The molecule has 19 heavy (non-hydrogen) atoms. The van der Waals surface area contributed by atoms with E-state index in [4.69, 9.17) is 9.47 Å². The van der Waals surface area contributed by atoms with Gasteiger partial charge >= 0.3 is 5.97 Å². The second-order valence-electron chi connectivity index (χ2n) is 5.43. The molecule has 3 rings (SSSR count). The Balaban J connectivity index is 1.70. The highest BCUT2D eigenvalue weighted by Gasteiger charge is 2.41. The molecule has 0 amide bonds. The lowest BCUT2D eigenvalue weighted by Crippen LogP contribution is -2.32. The van der Waals surface area contributed by atoms with E-state index in [0.717, 1.165) is 25.2 Å². The smallest absolute Gasteiger partial charge is 0.312 e. The average Bonchev–Trinajstić information content (AvgIpc) is 3.05. The summed E-state index contributed by atoms with van der Waals surface area (Å²) in [5.74, 6) is 0.246. The van der Waals surface area contributed by atoms with E-state index in [1.54, 1.807) is 0 Å². The predicted molar refractivity (Wildman–Crippen MR) is 69.5 cm³/mol. The van der Waals surface area contributed by atoms with Crippen LogP contribution in [0, 0.1) is 5.41 Å². The van der Waals surface area contributed by atoms with Gasteiger partial charge < -0.3 is 14.6 Å². The number of carboxylic acids is 1. The average molecular weight is 262 g/mol. The Morgan fingerprint density at radius 3 is 3.00 bits per heavy atom. The molecule has 0 spiro atoms. The first kappa shape index (κ1) is 12.5. The summed E-state index contributed by atoms with van der Waals surface area (Å²) in [4.78, 5) is 11.4. The maximum Gasteiger partial charge on any atom is 0.312 e. The molecule has 1 unspecified atom stereocenters. The van der Waals surface area contributed by atoms with Crippen molar-refractivity contribution in [1.82, 2.24) is 0 Å². The summed E-state index contributed by atoms with van der Waals surface area (Å²) in [5, 5.41) is 9.40. The Labute approximate surface area is 112 Å².